The van der Waals surface area contributed by atoms with Gasteiger partial charge in [0.25, 0.3) is 5.91 Å². The number of guanidine groups is 1. The number of hydrogen-bond donors (Lipinski definition) is 4. The van der Waals surface area contributed by atoms with Crippen LogP contribution in [0, 0.1) is 0 Å². The molecule has 2 aromatic carbocycles. The molecule has 7 nitrogen and oxygen atoms in total. The second-order valence-electron chi connectivity index (χ2n) is 6.78. The normalized spacial score (nSPS) is 11.0. The number of H-pyrrole nitrogens is 1. The first-order valence-corrected chi connectivity index (χ1v) is 10.2. The Kier molecular flexibility index (Phi) is 10.2. The SMILES string of the molecule is CCNC(=NCCc1c[nH]c2ccccc12)NCCNC(=O)c1ccc(OC)cc1.I. The topological polar surface area (TPSA) is 90.5 Å². The quantitative estimate of drug-likeness (QED) is 0.147. The van der Waals surface area contributed by atoms with E-state index in [1.165, 1.54) is 10.9 Å². The van der Waals surface area contributed by atoms with Crippen molar-refractivity contribution in [2.45, 2.75) is 13.3 Å². The lowest BCUT2D eigenvalue weighted by Gasteiger charge is -2.12. The number of aliphatic imine (C=N–C) groups is 1. The molecule has 0 saturated heterocycles. The Balaban J connectivity index is 0.00000341. The number of aromatic nitrogens is 1. The molecule has 0 aliphatic rings. The van der Waals surface area contributed by atoms with Crippen LogP contribution in [0.15, 0.2) is 59.7 Å². The summed E-state index contributed by atoms with van der Waals surface area (Å²) in [6.45, 7) is 4.56. The number of para-hydroxylation sites is 1. The van der Waals surface area contributed by atoms with E-state index in [-0.39, 0.29) is 29.9 Å². The van der Waals surface area contributed by atoms with Crippen molar-refractivity contribution in [3.8, 4) is 5.75 Å². The molecule has 0 fully saturated rings. The molecule has 0 aliphatic heterocycles. The molecule has 0 bridgehead atoms. The molecule has 0 atom stereocenters. The van der Waals surface area contributed by atoms with Gasteiger partial charge >= 0.3 is 0 Å². The van der Waals surface area contributed by atoms with E-state index in [9.17, 15) is 4.79 Å². The summed E-state index contributed by atoms with van der Waals surface area (Å²) in [5.41, 5.74) is 3.01. The van der Waals surface area contributed by atoms with Crippen LogP contribution in [0.3, 0.4) is 0 Å². The van der Waals surface area contributed by atoms with E-state index in [1.54, 1.807) is 31.4 Å². The lowest BCUT2D eigenvalue weighted by molar-refractivity contribution is 0.0954. The molecule has 0 radical (unpaired) electrons. The number of hydrogen-bond acceptors (Lipinski definition) is 3. The van der Waals surface area contributed by atoms with Crippen LogP contribution in [0.1, 0.15) is 22.8 Å². The van der Waals surface area contributed by atoms with E-state index in [4.69, 9.17) is 4.74 Å². The molecule has 166 valence electrons. The number of methoxy groups -OCH3 is 1. The van der Waals surface area contributed by atoms with Crippen molar-refractivity contribution in [3.63, 3.8) is 0 Å². The van der Waals surface area contributed by atoms with Crippen LogP contribution in [-0.2, 0) is 6.42 Å². The fraction of sp³-hybridized carbons (Fsp3) is 0.304. The molecule has 1 amide bonds. The average molecular weight is 535 g/mol. The van der Waals surface area contributed by atoms with Crippen LogP contribution in [-0.4, -0.2) is 50.1 Å². The number of rotatable bonds is 9. The summed E-state index contributed by atoms with van der Waals surface area (Å²) in [6, 6.07) is 15.3. The third kappa shape index (κ3) is 7.16. The number of carbonyl (C=O) groups excluding carboxylic acids is 1. The first-order valence-electron chi connectivity index (χ1n) is 10.2. The third-order valence-electron chi connectivity index (χ3n) is 4.73. The van der Waals surface area contributed by atoms with Gasteiger partial charge in [0.05, 0.1) is 7.11 Å². The Labute approximate surface area is 200 Å². The largest absolute Gasteiger partial charge is 0.497 e. The van der Waals surface area contributed by atoms with E-state index in [0.29, 0.717) is 25.2 Å². The van der Waals surface area contributed by atoms with Crippen LogP contribution in [0.25, 0.3) is 10.9 Å². The van der Waals surface area contributed by atoms with Gasteiger partial charge in [-0.25, -0.2) is 0 Å². The highest BCUT2D eigenvalue weighted by atomic mass is 127. The molecule has 8 heteroatoms. The maximum Gasteiger partial charge on any atom is 0.251 e. The number of fused-ring (bicyclic) bond motifs is 1. The first-order chi connectivity index (χ1) is 14.7. The van der Waals surface area contributed by atoms with Crippen molar-refractivity contribution in [1.29, 1.82) is 0 Å². The van der Waals surface area contributed by atoms with Crippen molar-refractivity contribution >= 4 is 46.7 Å². The molecule has 3 rings (SSSR count). The van der Waals surface area contributed by atoms with Crippen LogP contribution in [0.2, 0.25) is 0 Å². The maximum atomic E-state index is 12.2. The molecule has 0 aliphatic carbocycles. The third-order valence-corrected chi connectivity index (χ3v) is 4.73. The average Bonchev–Trinajstić information content (AvgIpc) is 3.19. The van der Waals surface area contributed by atoms with Crippen LogP contribution in [0.5, 0.6) is 5.75 Å². The Bertz CT molecular complexity index is 985. The Morgan fingerprint density at radius 1 is 1.03 bits per heavy atom. The van der Waals surface area contributed by atoms with Crippen molar-refractivity contribution < 1.29 is 9.53 Å². The Hall–Kier alpha value is -2.75. The summed E-state index contributed by atoms with van der Waals surface area (Å²) in [4.78, 5) is 20.1. The summed E-state index contributed by atoms with van der Waals surface area (Å²) in [5.74, 6) is 1.36. The number of carbonyl (C=O) groups is 1. The number of ether oxygens (including phenoxy) is 1. The van der Waals surface area contributed by atoms with Gasteiger partial charge < -0.3 is 25.7 Å². The summed E-state index contributed by atoms with van der Waals surface area (Å²) >= 11 is 0. The van der Waals surface area contributed by atoms with Crippen LogP contribution >= 0.6 is 24.0 Å². The standard InChI is InChI=1S/C23H29N5O2.HI/c1-3-24-23(26-13-12-18-16-28-21-7-5-4-6-20(18)21)27-15-14-25-22(29)17-8-10-19(30-2)11-9-17;/h4-11,16,28H,3,12-15H2,1-2H3,(H,25,29)(H2,24,26,27);1H. The minimum atomic E-state index is -0.110. The minimum Gasteiger partial charge on any atom is -0.497 e. The van der Waals surface area contributed by atoms with E-state index in [2.05, 4.69) is 50.3 Å². The number of aromatic amines is 1. The minimum absolute atomic E-state index is 0. The summed E-state index contributed by atoms with van der Waals surface area (Å²) < 4.78 is 5.11. The summed E-state index contributed by atoms with van der Waals surface area (Å²) in [7, 11) is 1.60. The number of nitrogens with one attached hydrogen (secondary N) is 4. The fourth-order valence-electron chi connectivity index (χ4n) is 3.17. The monoisotopic (exact) mass is 535 g/mol. The molecular formula is C23H30IN5O2. The Morgan fingerprint density at radius 2 is 1.77 bits per heavy atom. The second kappa shape index (κ2) is 12.8. The van der Waals surface area contributed by atoms with Gasteiger partial charge in [-0.05, 0) is 49.2 Å². The predicted molar refractivity (Wildman–Crippen MR) is 137 cm³/mol. The zero-order valence-corrected chi connectivity index (χ0v) is 20.2. The molecule has 0 unspecified atom stereocenters. The maximum absolute atomic E-state index is 12.2. The van der Waals surface area contributed by atoms with Gasteiger partial charge in [-0.15, -0.1) is 24.0 Å². The number of nitrogens with zero attached hydrogens (tertiary/aromatic N) is 1. The van der Waals surface area contributed by atoms with E-state index in [1.807, 2.05) is 13.0 Å². The molecule has 31 heavy (non-hydrogen) atoms. The van der Waals surface area contributed by atoms with Crippen LogP contribution in [0.4, 0.5) is 0 Å². The van der Waals surface area contributed by atoms with Crippen LogP contribution < -0.4 is 20.7 Å². The van der Waals surface area contributed by atoms with Gasteiger partial charge in [0.15, 0.2) is 5.96 Å². The molecule has 0 spiro atoms. The molecule has 1 aromatic heterocycles. The van der Waals surface area contributed by atoms with Crippen molar-refractivity contribution in [2.75, 3.05) is 33.3 Å². The number of amides is 1. The van der Waals surface area contributed by atoms with Crippen molar-refractivity contribution in [1.82, 2.24) is 20.9 Å². The van der Waals surface area contributed by atoms with Gasteiger partial charge in [0.1, 0.15) is 5.75 Å². The smallest absolute Gasteiger partial charge is 0.251 e. The Morgan fingerprint density at radius 3 is 2.52 bits per heavy atom. The molecular weight excluding hydrogens is 505 g/mol. The highest BCUT2D eigenvalue weighted by molar-refractivity contribution is 14.0. The van der Waals surface area contributed by atoms with Gasteiger partial charge in [-0.1, -0.05) is 18.2 Å². The van der Waals surface area contributed by atoms with E-state index >= 15 is 0 Å². The van der Waals surface area contributed by atoms with Gasteiger partial charge in [0.2, 0.25) is 0 Å². The molecule has 0 saturated carbocycles. The van der Waals surface area contributed by atoms with Crippen molar-refractivity contribution in [3.05, 3.63) is 65.9 Å². The summed E-state index contributed by atoms with van der Waals surface area (Å²) in [6.07, 6.45) is 2.91. The lowest BCUT2D eigenvalue weighted by Crippen LogP contribution is -2.41. The van der Waals surface area contributed by atoms with Gasteiger partial charge in [0, 0.05) is 48.8 Å². The van der Waals surface area contributed by atoms with Gasteiger partial charge in [-0.3, -0.25) is 9.79 Å². The first kappa shape index (κ1) is 24.5. The lowest BCUT2D eigenvalue weighted by atomic mass is 10.1. The second-order valence-corrected chi connectivity index (χ2v) is 6.78. The zero-order chi connectivity index (χ0) is 21.2. The predicted octanol–water partition coefficient (Wildman–Crippen LogP) is 3.32. The summed E-state index contributed by atoms with van der Waals surface area (Å²) in [5, 5.41) is 10.6. The van der Waals surface area contributed by atoms with E-state index < -0.39 is 0 Å². The van der Waals surface area contributed by atoms with Crippen molar-refractivity contribution in [2.24, 2.45) is 4.99 Å². The van der Waals surface area contributed by atoms with Gasteiger partial charge in [-0.2, -0.15) is 0 Å². The van der Waals surface area contributed by atoms with E-state index in [0.717, 1.165) is 30.2 Å². The fourth-order valence-corrected chi connectivity index (χ4v) is 3.17. The number of halogens is 1. The zero-order valence-electron chi connectivity index (χ0n) is 17.9. The molecule has 3 aromatic rings. The molecule has 4 N–H and O–H groups in total. The highest BCUT2D eigenvalue weighted by Crippen LogP contribution is 2.17. The highest BCUT2D eigenvalue weighted by Gasteiger charge is 2.06. The molecule has 1 heterocycles. The number of benzene rings is 2.